The summed E-state index contributed by atoms with van der Waals surface area (Å²) >= 11 is 6.13. The molecule has 174 valence electrons. The zero-order valence-corrected chi connectivity index (χ0v) is 19.7. The lowest BCUT2D eigenvalue weighted by atomic mass is 10.2. The van der Waals surface area contributed by atoms with Gasteiger partial charge in [-0.2, -0.15) is 0 Å². The number of nitrogens with one attached hydrogen (secondary N) is 1. The molecule has 0 aromatic heterocycles. The van der Waals surface area contributed by atoms with Crippen molar-refractivity contribution in [1.29, 1.82) is 0 Å². The molecular weight excluding hydrogens is 464 g/mol. The van der Waals surface area contributed by atoms with Crippen molar-refractivity contribution in [3.05, 3.63) is 89.4 Å². The van der Waals surface area contributed by atoms with E-state index < -0.39 is 22.5 Å². The van der Waals surface area contributed by atoms with E-state index in [-0.39, 0.29) is 29.5 Å². The number of halogens is 1. The van der Waals surface area contributed by atoms with E-state index in [1.165, 1.54) is 25.3 Å². The highest BCUT2D eigenvalue weighted by atomic mass is 35.5. The third-order valence-electron chi connectivity index (χ3n) is 4.71. The molecule has 0 radical (unpaired) electrons. The number of amides is 1. The number of rotatable bonds is 11. The summed E-state index contributed by atoms with van der Waals surface area (Å²) in [7, 11) is -2.65. The fourth-order valence-electron chi connectivity index (χ4n) is 3.09. The molecule has 0 bridgehead atoms. The van der Waals surface area contributed by atoms with Gasteiger partial charge in [0.2, 0.25) is 5.91 Å². The van der Waals surface area contributed by atoms with E-state index in [1.807, 2.05) is 30.3 Å². The predicted molar refractivity (Wildman–Crippen MR) is 128 cm³/mol. The number of methoxy groups -OCH3 is 1. The molecule has 0 saturated heterocycles. The molecule has 1 amide bonds. The molecule has 1 N–H and O–H groups in total. The Hall–Kier alpha value is -3.07. The summed E-state index contributed by atoms with van der Waals surface area (Å²) in [5.41, 5.74) is 1.20. The quantitative estimate of drug-likeness (QED) is 0.414. The van der Waals surface area contributed by atoms with Crippen LogP contribution in [0, 0.1) is 0 Å². The number of carbonyl (C=O) groups excluding carboxylic acids is 1. The molecule has 0 heterocycles. The second-order valence-electron chi connectivity index (χ2n) is 7.03. The maximum Gasteiger partial charge on any atom is 0.264 e. The second-order valence-corrected chi connectivity index (χ2v) is 9.33. The van der Waals surface area contributed by atoms with Gasteiger partial charge in [-0.1, -0.05) is 60.1 Å². The maximum atomic E-state index is 13.4. The van der Waals surface area contributed by atoms with Gasteiger partial charge in [-0.25, -0.2) is 8.42 Å². The SMILES string of the molecule is COc1ccc(Cl)cc1N(CC(=O)NCCOCc1ccccc1)S(=O)(=O)c1ccccc1. The third kappa shape index (κ3) is 6.71. The Balaban J connectivity index is 1.72. The van der Waals surface area contributed by atoms with Crippen LogP contribution in [0.25, 0.3) is 0 Å². The lowest BCUT2D eigenvalue weighted by molar-refractivity contribution is -0.119. The minimum atomic E-state index is -4.07. The van der Waals surface area contributed by atoms with Gasteiger partial charge >= 0.3 is 0 Å². The smallest absolute Gasteiger partial charge is 0.264 e. The van der Waals surface area contributed by atoms with Crippen molar-refractivity contribution in [2.24, 2.45) is 0 Å². The zero-order valence-electron chi connectivity index (χ0n) is 18.1. The summed E-state index contributed by atoms with van der Waals surface area (Å²) in [5.74, 6) is -0.210. The molecule has 0 aliphatic carbocycles. The molecule has 0 spiro atoms. The van der Waals surface area contributed by atoms with Gasteiger partial charge in [0.1, 0.15) is 12.3 Å². The van der Waals surface area contributed by atoms with E-state index in [0.717, 1.165) is 9.87 Å². The van der Waals surface area contributed by atoms with E-state index >= 15 is 0 Å². The zero-order chi connectivity index (χ0) is 23.7. The number of hydrogen-bond donors (Lipinski definition) is 1. The molecule has 0 fully saturated rings. The van der Waals surface area contributed by atoms with E-state index in [4.69, 9.17) is 21.1 Å². The molecule has 3 rings (SSSR count). The highest BCUT2D eigenvalue weighted by Crippen LogP contribution is 2.34. The average molecular weight is 489 g/mol. The van der Waals surface area contributed by atoms with Gasteiger partial charge in [0.25, 0.3) is 10.0 Å². The van der Waals surface area contributed by atoms with Crippen LogP contribution in [0.2, 0.25) is 5.02 Å². The van der Waals surface area contributed by atoms with Gasteiger partial charge in [-0.05, 0) is 35.9 Å². The fourth-order valence-corrected chi connectivity index (χ4v) is 4.70. The Morgan fingerprint density at radius 2 is 1.67 bits per heavy atom. The molecule has 3 aromatic rings. The number of anilines is 1. The summed E-state index contributed by atoms with van der Waals surface area (Å²) in [5, 5.41) is 3.01. The largest absolute Gasteiger partial charge is 0.495 e. The summed E-state index contributed by atoms with van der Waals surface area (Å²) in [6.07, 6.45) is 0. The molecule has 7 nitrogen and oxygen atoms in total. The first-order valence-electron chi connectivity index (χ1n) is 10.2. The van der Waals surface area contributed by atoms with Crippen molar-refractivity contribution in [1.82, 2.24) is 5.32 Å². The number of ether oxygens (including phenoxy) is 2. The maximum absolute atomic E-state index is 13.4. The Bertz CT molecular complexity index is 1160. The highest BCUT2D eigenvalue weighted by Gasteiger charge is 2.29. The highest BCUT2D eigenvalue weighted by molar-refractivity contribution is 7.92. The van der Waals surface area contributed by atoms with Crippen LogP contribution in [-0.4, -0.2) is 41.1 Å². The van der Waals surface area contributed by atoms with Crippen molar-refractivity contribution >= 4 is 33.2 Å². The van der Waals surface area contributed by atoms with Crippen LogP contribution in [-0.2, 0) is 26.2 Å². The standard InChI is InChI=1S/C24H25ClN2O5S/c1-31-23-13-12-20(25)16-22(23)27(33(29,30)21-10-6-3-7-11-21)17-24(28)26-14-15-32-18-19-8-4-2-5-9-19/h2-13,16H,14-15,17-18H2,1H3,(H,26,28). The Labute approximate surface area is 198 Å². The Morgan fingerprint density at radius 1 is 1.00 bits per heavy atom. The molecule has 0 unspecified atom stereocenters. The molecular formula is C24H25ClN2O5S. The molecule has 3 aromatic carbocycles. The molecule has 0 aliphatic heterocycles. The Morgan fingerprint density at radius 3 is 2.33 bits per heavy atom. The number of nitrogens with zero attached hydrogens (tertiary/aromatic N) is 1. The van der Waals surface area contributed by atoms with Crippen molar-refractivity contribution in [2.75, 3.05) is 31.1 Å². The van der Waals surface area contributed by atoms with Gasteiger partial charge in [-0.3, -0.25) is 9.10 Å². The molecule has 0 aliphatic rings. The van der Waals surface area contributed by atoms with Gasteiger partial charge in [0, 0.05) is 11.6 Å². The summed E-state index contributed by atoms with van der Waals surface area (Å²) in [4.78, 5) is 12.7. The van der Waals surface area contributed by atoms with Crippen molar-refractivity contribution < 1.29 is 22.7 Å². The van der Waals surface area contributed by atoms with E-state index in [2.05, 4.69) is 5.32 Å². The van der Waals surface area contributed by atoms with Crippen molar-refractivity contribution in [3.8, 4) is 5.75 Å². The minimum absolute atomic E-state index is 0.0472. The monoisotopic (exact) mass is 488 g/mol. The van der Waals surface area contributed by atoms with Crippen LogP contribution in [0.15, 0.2) is 83.8 Å². The number of benzene rings is 3. The lowest BCUT2D eigenvalue weighted by Gasteiger charge is -2.25. The molecule has 0 atom stereocenters. The lowest BCUT2D eigenvalue weighted by Crippen LogP contribution is -2.41. The Kier molecular flexibility index (Phi) is 8.71. The molecule has 33 heavy (non-hydrogen) atoms. The van der Waals surface area contributed by atoms with E-state index in [0.29, 0.717) is 11.6 Å². The van der Waals surface area contributed by atoms with Crippen LogP contribution in [0.4, 0.5) is 5.69 Å². The van der Waals surface area contributed by atoms with Gasteiger partial charge in [0.15, 0.2) is 0 Å². The van der Waals surface area contributed by atoms with Gasteiger partial charge in [0.05, 0.1) is 30.9 Å². The predicted octanol–water partition coefficient (Wildman–Crippen LogP) is 3.88. The van der Waals surface area contributed by atoms with Crippen LogP contribution in [0.5, 0.6) is 5.75 Å². The van der Waals surface area contributed by atoms with Gasteiger partial charge in [-0.15, -0.1) is 0 Å². The average Bonchev–Trinajstić information content (AvgIpc) is 2.83. The first-order valence-corrected chi connectivity index (χ1v) is 12.0. The molecule has 0 saturated carbocycles. The van der Waals surface area contributed by atoms with Gasteiger partial charge < -0.3 is 14.8 Å². The summed E-state index contributed by atoms with van der Waals surface area (Å²) in [6.45, 7) is 0.488. The van der Waals surface area contributed by atoms with Crippen LogP contribution >= 0.6 is 11.6 Å². The third-order valence-corrected chi connectivity index (χ3v) is 6.72. The number of carbonyl (C=O) groups is 1. The topological polar surface area (TPSA) is 84.9 Å². The molecule has 9 heteroatoms. The van der Waals surface area contributed by atoms with Crippen molar-refractivity contribution in [2.45, 2.75) is 11.5 Å². The number of sulfonamides is 1. The summed E-state index contributed by atoms with van der Waals surface area (Å²) < 4.78 is 38.7. The second kappa shape index (κ2) is 11.7. The van der Waals surface area contributed by atoms with E-state index in [9.17, 15) is 13.2 Å². The van der Waals surface area contributed by atoms with E-state index in [1.54, 1.807) is 30.3 Å². The normalized spacial score (nSPS) is 11.1. The summed E-state index contributed by atoms with van der Waals surface area (Å²) in [6, 6.07) is 22.1. The van der Waals surface area contributed by atoms with Crippen LogP contribution in [0.1, 0.15) is 5.56 Å². The van der Waals surface area contributed by atoms with Crippen molar-refractivity contribution in [3.63, 3.8) is 0 Å². The minimum Gasteiger partial charge on any atom is -0.495 e. The first-order chi connectivity index (χ1) is 15.9. The van der Waals surface area contributed by atoms with Crippen LogP contribution < -0.4 is 14.4 Å². The fraction of sp³-hybridized carbons (Fsp3) is 0.208. The first kappa shape index (κ1) is 24.6. The van der Waals surface area contributed by atoms with Crippen LogP contribution in [0.3, 0.4) is 0 Å². The number of hydrogen-bond acceptors (Lipinski definition) is 5.